The number of hydrogen-bond acceptors (Lipinski definition) is 4. The van der Waals surface area contributed by atoms with Gasteiger partial charge >= 0.3 is 6.09 Å². The zero-order valence-corrected chi connectivity index (χ0v) is 18.2. The van der Waals surface area contributed by atoms with E-state index in [-0.39, 0.29) is 6.09 Å². The zero-order chi connectivity index (χ0) is 21.3. The van der Waals surface area contributed by atoms with Gasteiger partial charge in [0.1, 0.15) is 5.60 Å². The van der Waals surface area contributed by atoms with Crippen molar-refractivity contribution in [3.8, 4) is 5.69 Å². The summed E-state index contributed by atoms with van der Waals surface area (Å²) in [5.41, 5.74) is 2.76. The third-order valence-corrected chi connectivity index (χ3v) is 5.60. The summed E-state index contributed by atoms with van der Waals surface area (Å²) < 4.78 is 7.42. The van der Waals surface area contributed by atoms with Crippen molar-refractivity contribution in [1.82, 2.24) is 14.7 Å². The first kappa shape index (κ1) is 20.3. The molecular formula is C24H30N4O2. The van der Waals surface area contributed by atoms with Crippen molar-refractivity contribution < 1.29 is 9.53 Å². The quantitative estimate of drug-likeness (QED) is 0.623. The van der Waals surface area contributed by atoms with Gasteiger partial charge in [-0.3, -0.25) is 0 Å². The summed E-state index contributed by atoms with van der Waals surface area (Å²) in [7, 11) is 2.13. The molecular weight excluding hydrogens is 376 g/mol. The summed E-state index contributed by atoms with van der Waals surface area (Å²) in [6, 6.07) is 17.0. The Morgan fingerprint density at radius 2 is 1.73 bits per heavy atom. The van der Waals surface area contributed by atoms with Gasteiger partial charge in [0.25, 0.3) is 0 Å². The van der Waals surface area contributed by atoms with Gasteiger partial charge < -0.3 is 14.5 Å². The fourth-order valence-corrected chi connectivity index (χ4v) is 3.91. The summed E-state index contributed by atoms with van der Waals surface area (Å²) in [6.07, 6.45) is 3.71. The van der Waals surface area contributed by atoms with Gasteiger partial charge in [0.05, 0.1) is 11.2 Å². The number of fused-ring (bicyclic) bond motifs is 1. The normalized spacial score (nSPS) is 15.4. The van der Waals surface area contributed by atoms with Crippen LogP contribution < -0.4 is 4.90 Å². The van der Waals surface area contributed by atoms with Crippen LogP contribution in [0.5, 0.6) is 0 Å². The lowest BCUT2D eigenvalue weighted by atomic mass is 10.0. The summed E-state index contributed by atoms with van der Waals surface area (Å²) in [4.78, 5) is 16.4. The Hall–Kier alpha value is -3.02. The van der Waals surface area contributed by atoms with E-state index in [0.29, 0.717) is 6.04 Å². The van der Waals surface area contributed by atoms with Crippen LogP contribution in [0.15, 0.2) is 54.7 Å². The molecule has 0 unspecified atom stereocenters. The molecule has 1 aromatic heterocycles. The molecule has 0 aliphatic carbocycles. The van der Waals surface area contributed by atoms with Crippen LogP contribution >= 0.6 is 0 Å². The van der Waals surface area contributed by atoms with E-state index in [1.807, 2.05) is 48.6 Å². The van der Waals surface area contributed by atoms with Crippen LogP contribution in [0.3, 0.4) is 0 Å². The van der Waals surface area contributed by atoms with Crippen LogP contribution in [-0.4, -0.2) is 52.6 Å². The number of nitrogens with zero attached hydrogens (tertiary/aromatic N) is 4. The fourth-order valence-electron chi connectivity index (χ4n) is 3.91. The number of ether oxygens (including phenoxy) is 1. The van der Waals surface area contributed by atoms with Crippen molar-refractivity contribution in [2.45, 2.75) is 45.3 Å². The predicted octanol–water partition coefficient (Wildman–Crippen LogP) is 4.86. The van der Waals surface area contributed by atoms with Gasteiger partial charge in [-0.15, -0.1) is 0 Å². The summed E-state index contributed by atoms with van der Waals surface area (Å²) in [5.74, 6) is 0. The highest BCUT2D eigenvalue weighted by atomic mass is 16.6. The molecule has 0 saturated carbocycles. The Morgan fingerprint density at radius 3 is 2.37 bits per heavy atom. The molecule has 0 spiro atoms. The third-order valence-electron chi connectivity index (χ3n) is 5.60. The molecule has 0 atom stereocenters. The highest BCUT2D eigenvalue weighted by molar-refractivity contribution is 5.78. The molecule has 1 amide bonds. The van der Waals surface area contributed by atoms with E-state index in [9.17, 15) is 4.79 Å². The number of hydrogen-bond donors (Lipinski definition) is 0. The first-order valence-corrected chi connectivity index (χ1v) is 10.6. The molecule has 0 radical (unpaired) electrons. The number of aromatic nitrogens is 2. The predicted molar refractivity (Wildman–Crippen MR) is 120 cm³/mol. The van der Waals surface area contributed by atoms with Gasteiger partial charge in [0.15, 0.2) is 0 Å². The van der Waals surface area contributed by atoms with Crippen molar-refractivity contribution in [2.75, 3.05) is 25.0 Å². The molecule has 2 heterocycles. The number of piperidine rings is 1. The highest BCUT2D eigenvalue weighted by Crippen LogP contribution is 2.25. The first-order chi connectivity index (χ1) is 14.3. The number of carbonyl (C=O) groups is 1. The van der Waals surface area contributed by atoms with Gasteiger partial charge in [-0.05, 0) is 63.9 Å². The Labute approximate surface area is 178 Å². The number of rotatable bonds is 3. The maximum Gasteiger partial charge on any atom is 0.410 e. The lowest BCUT2D eigenvalue weighted by Crippen LogP contribution is -2.47. The van der Waals surface area contributed by atoms with Crippen molar-refractivity contribution >= 4 is 22.7 Å². The lowest BCUT2D eigenvalue weighted by Gasteiger charge is -2.38. The molecule has 158 valence electrons. The molecule has 1 saturated heterocycles. The van der Waals surface area contributed by atoms with Gasteiger partial charge in [0.2, 0.25) is 0 Å². The van der Waals surface area contributed by atoms with E-state index >= 15 is 0 Å². The second kappa shape index (κ2) is 8.01. The average molecular weight is 407 g/mol. The maximum absolute atomic E-state index is 12.3. The third kappa shape index (κ3) is 4.42. The molecule has 6 heteroatoms. The number of anilines is 1. The number of likely N-dealkylation sites (tertiary alicyclic amines) is 1. The van der Waals surface area contributed by atoms with E-state index in [1.54, 1.807) is 0 Å². The minimum Gasteiger partial charge on any atom is -0.444 e. The first-order valence-electron chi connectivity index (χ1n) is 10.6. The summed E-state index contributed by atoms with van der Waals surface area (Å²) in [5, 5.41) is 5.79. The topological polar surface area (TPSA) is 50.6 Å². The van der Waals surface area contributed by atoms with Crippen LogP contribution in [0.1, 0.15) is 33.6 Å². The van der Waals surface area contributed by atoms with E-state index < -0.39 is 5.60 Å². The van der Waals surface area contributed by atoms with Gasteiger partial charge in [-0.2, -0.15) is 5.10 Å². The van der Waals surface area contributed by atoms with E-state index in [4.69, 9.17) is 4.74 Å². The van der Waals surface area contributed by atoms with E-state index in [1.165, 1.54) is 5.69 Å². The van der Waals surface area contributed by atoms with Gasteiger partial charge in [-0.1, -0.05) is 18.2 Å². The van der Waals surface area contributed by atoms with Crippen LogP contribution in [-0.2, 0) is 4.74 Å². The molecule has 3 aromatic rings. The fraction of sp³-hybridized carbons (Fsp3) is 0.417. The van der Waals surface area contributed by atoms with Gasteiger partial charge in [-0.25, -0.2) is 9.48 Å². The molecule has 4 rings (SSSR count). The Morgan fingerprint density at radius 1 is 1.07 bits per heavy atom. The van der Waals surface area contributed by atoms with Crippen molar-refractivity contribution in [3.05, 3.63) is 54.7 Å². The smallest absolute Gasteiger partial charge is 0.410 e. The van der Waals surface area contributed by atoms with Crippen LogP contribution in [0.25, 0.3) is 16.6 Å². The molecule has 1 aliphatic rings. The minimum atomic E-state index is -0.451. The average Bonchev–Trinajstić information content (AvgIpc) is 3.16. The van der Waals surface area contributed by atoms with Crippen molar-refractivity contribution in [1.29, 1.82) is 0 Å². The standard InChI is InChI=1S/C24H30N4O2/c1-24(2,3)30-23(29)27-15-13-20(14-16-27)26(4)19-9-11-21(12-10-19)28-17-18-7-5-6-8-22(18)25-28/h5-12,17,20H,13-16H2,1-4H3. The SMILES string of the molecule is CN(c1ccc(-n2cc3ccccc3n2)cc1)C1CCN(C(=O)OC(C)(C)C)CC1. The Balaban J connectivity index is 1.38. The number of amides is 1. The molecule has 0 bridgehead atoms. The number of benzene rings is 2. The zero-order valence-electron chi connectivity index (χ0n) is 18.2. The van der Waals surface area contributed by atoms with Crippen LogP contribution in [0.2, 0.25) is 0 Å². The Bertz CT molecular complexity index is 979. The molecule has 6 nitrogen and oxygen atoms in total. The van der Waals surface area contributed by atoms with E-state index in [2.05, 4.69) is 53.6 Å². The number of carbonyl (C=O) groups excluding carboxylic acids is 1. The molecule has 2 aromatic carbocycles. The van der Waals surface area contributed by atoms with Crippen LogP contribution in [0.4, 0.5) is 10.5 Å². The highest BCUT2D eigenvalue weighted by Gasteiger charge is 2.28. The second-order valence-electron chi connectivity index (χ2n) is 8.96. The Kier molecular flexibility index (Phi) is 5.41. The maximum atomic E-state index is 12.3. The summed E-state index contributed by atoms with van der Waals surface area (Å²) >= 11 is 0. The largest absolute Gasteiger partial charge is 0.444 e. The van der Waals surface area contributed by atoms with Crippen molar-refractivity contribution in [3.63, 3.8) is 0 Å². The van der Waals surface area contributed by atoms with Crippen molar-refractivity contribution in [2.24, 2.45) is 0 Å². The summed E-state index contributed by atoms with van der Waals surface area (Å²) in [6.45, 7) is 7.16. The molecule has 30 heavy (non-hydrogen) atoms. The monoisotopic (exact) mass is 406 g/mol. The molecule has 1 aliphatic heterocycles. The molecule has 1 fully saturated rings. The van der Waals surface area contributed by atoms with Gasteiger partial charge in [0, 0.05) is 43.4 Å². The lowest BCUT2D eigenvalue weighted by molar-refractivity contribution is 0.0205. The minimum absolute atomic E-state index is 0.209. The second-order valence-corrected chi connectivity index (χ2v) is 8.96. The van der Waals surface area contributed by atoms with E-state index in [0.717, 1.165) is 42.5 Å². The van der Waals surface area contributed by atoms with Crippen LogP contribution in [0, 0.1) is 0 Å². The molecule has 0 N–H and O–H groups in total.